The Kier molecular flexibility index (Phi) is 3.28. The monoisotopic (exact) mass is 237 g/mol. The van der Waals surface area contributed by atoms with Gasteiger partial charge in [-0.2, -0.15) is 0 Å². The van der Waals surface area contributed by atoms with E-state index in [4.69, 9.17) is 5.73 Å². The second-order valence-corrected chi connectivity index (χ2v) is 4.30. The molecule has 0 radical (unpaired) electrons. The molecule has 1 fully saturated rings. The minimum atomic E-state index is -0.433. The summed E-state index contributed by atoms with van der Waals surface area (Å²) in [5.41, 5.74) is 6.03. The third-order valence-corrected chi connectivity index (χ3v) is 3.19. The van der Waals surface area contributed by atoms with Crippen LogP contribution in [0.2, 0.25) is 0 Å². The maximum Gasteiger partial charge on any atom is 0.322 e. The van der Waals surface area contributed by atoms with Crippen LogP contribution in [-0.4, -0.2) is 29.6 Å². The van der Waals surface area contributed by atoms with E-state index in [0.29, 0.717) is 6.54 Å². The molecule has 0 spiro atoms. The number of likely N-dealkylation sites (tertiary alicyclic amines) is 1. The molecular formula is C12H16FN3O. The Labute approximate surface area is 99.6 Å². The van der Waals surface area contributed by atoms with Crippen LogP contribution in [0, 0.1) is 5.82 Å². The number of nitrogens with two attached hydrogens (primary N) is 1. The number of amides is 2. The minimum absolute atomic E-state index is 0.00127. The summed E-state index contributed by atoms with van der Waals surface area (Å²) in [6, 6.07) is 5.80. The highest BCUT2D eigenvalue weighted by molar-refractivity contribution is 5.89. The lowest BCUT2D eigenvalue weighted by Crippen LogP contribution is -2.42. The highest BCUT2D eigenvalue weighted by Gasteiger charge is 2.31. The average molecular weight is 237 g/mol. The largest absolute Gasteiger partial charge is 0.326 e. The summed E-state index contributed by atoms with van der Waals surface area (Å²) in [4.78, 5) is 13.6. The quantitative estimate of drug-likeness (QED) is 0.782. The van der Waals surface area contributed by atoms with Gasteiger partial charge in [-0.05, 0) is 25.5 Å². The predicted molar refractivity (Wildman–Crippen MR) is 64.2 cm³/mol. The van der Waals surface area contributed by atoms with Gasteiger partial charge in [0.05, 0.1) is 5.69 Å². The number of urea groups is 1. The van der Waals surface area contributed by atoms with Gasteiger partial charge in [0, 0.05) is 18.6 Å². The van der Waals surface area contributed by atoms with Gasteiger partial charge in [-0.1, -0.05) is 12.1 Å². The molecule has 0 saturated carbocycles. The second kappa shape index (κ2) is 4.71. The molecular weight excluding hydrogens is 221 g/mol. The Hall–Kier alpha value is -1.62. The summed E-state index contributed by atoms with van der Waals surface area (Å²) >= 11 is 0. The zero-order valence-electron chi connectivity index (χ0n) is 9.69. The van der Waals surface area contributed by atoms with Crippen molar-refractivity contribution in [2.75, 3.05) is 11.9 Å². The molecule has 2 unspecified atom stereocenters. The van der Waals surface area contributed by atoms with Crippen molar-refractivity contribution in [2.45, 2.75) is 25.4 Å². The van der Waals surface area contributed by atoms with E-state index in [0.717, 1.165) is 6.42 Å². The summed E-state index contributed by atoms with van der Waals surface area (Å²) < 4.78 is 13.4. The number of para-hydroxylation sites is 1. The van der Waals surface area contributed by atoms with Crippen LogP contribution in [-0.2, 0) is 0 Å². The molecule has 1 aliphatic rings. The second-order valence-electron chi connectivity index (χ2n) is 4.30. The number of halogens is 1. The first-order valence-corrected chi connectivity index (χ1v) is 5.67. The van der Waals surface area contributed by atoms with Gasteiger partial charge in [-0.15, -0.1) is 0 Å². The van der Waals surface area contributed by atoms with Gasteiger partial charge >= 0.3 is 6.03 Å². The maximum absolute atomic E-state index is 13.4. The molecule has 1 saturated heterocycles. The summed E-state index contributed by atoms with van der Waals surface area (Å²) in [7, 11) is 0. The molecule has 92 valence electrons. The number of nitrogens with one attached hydrogen (secondary N) is 1. The molecule has 1 aliphatic heterocycles. The molecule has 1 aromatic rings. The number of anilines is 1. The fourth-order valence-corrected chi connectivity index (χ4v) is 2.00. The van der Waals surface area contributed by atoms with E-state index in [-0.39, 0.29) is 23.8 Å². The van der Waals surface area contributed by atoms with Crippen LogP contribution in [0.4, 0.5) is 14.9 Å². The summed E-state index contributed by atoms with van der Waals surface area (Å²) in [6.07, 6.45) is 0.784. The fourth-order valence-electron chi connectivity index (χ4n) is 2.00. The third kappa shape index (κ3) is 2.39. The smallest absolute Gasteiger partial charge is 0.322 e. The van der Waals surface area contributed by atoms with Crippen LogP contribution in [0.3, 0.4) is 0 Å². The molecule has 2 atom stereocenters. The normalized spacial score (nSPS) is 23.8. The van der Waals surface area contributed by atoms with Gasteiger partial charge in [-0.25, -0.2) is 9.18 Å². The summed E-state index contributed by atoms with van der Waals surface area (Å²) in [6.45, 7) is 2.52. The van der Waals surface area contributed by atoms with E-state index < -0.39 is 5.82 Å². The zero-order chi connectivity index (χ0) is 12.4. The number of rotatable bonds is 1. The number of carbonyl (C=O) groups excluding carboxylic acids is 1. The number of hydrogen-bond donors (Lipinski definition) is 2. The van der Waals surface area contributed by atoms with Gasteiger partial charge in [0.15, 0.2) is 0 Å². The van der Waals surface area contributed by atoms with Crippen molar-refractivity contribution < 1.29 is 9.18 Å². The van der Waals surface area contributed by atoms with Crippen molar-refractivity contribution >= 4 is 11.7 Å². The van der Waals surface area contributed by atoms with Crippen LogP contribution >= 0.6 is 0 Å². The minimum Gasteiger partial charge on any atom is -0.326 e. The Bertz CT molecular complexity index is 424. The summed E-state index contributed by atoms with van der Waals surface area (Å²) in [5, 5.41) is 2.56. The lowest BCUT2D eigenvalue weighted by Gasteiger charge is -2.23. The fraction of sp³-hybridized carbons (Fsp3) is 0.417. The highest BCUT2D eigenvalue weighted by atomic mass is 19.1. The Balaban J connectivity index is 2.05. The first-order valence-electron chi connectivity index (χ1n) is 5.67. The van der Waals surface area contributed by atoms with E-state index in [1.165, 1.54) is 12.1 Å². The lowest BCUT2D eigenvalue weighted by molar-refractivity contribution is 0.208. The van der Waals surface area contributed by atoms with Crippen molar-refractivity contribution in [3.63, 3.8) is 0 Å². The van der Waals surface area contributed by atoms with Gasteiger partial charge < -0.3 is 16.0 Å². The lowest BCUT2D eigenvalue weighted by atomic mass is 10.2. The number of carbonyl (C=O) groups is 1. The van der Waals surface area contributed by atoms with Gasteiger partial charge in [-0.3, -0.25) is 0 Å². The molecule has 2 amide bonds. The Morgan fingerprint density at radius 1 is 1.53 bits per heavy atom. The highest BCUT2D eigenvalue weighted by Crippen LogP contribution is 2.19. The molecule has 0 bridgehead atoms. The summed E-state index contributed by atoms with van der Waals surface area (Å²) in [5.74, 6) is -0.433. The molecule has 17 heavy (non-hydrogen) atoms. The van der Waals surface area contributed by atoms with Crippen LogP contribution in [0.1, 0.15) is 13.3 Å². The van der Waals surface area contributed by atoms with Gasteiger partial charge in [0.2, 0.25) is 0 Å². The molecule has 4 nitrogen and oxygen atoms in total. The van der Waals surface area contributed by atoms with E-state index in [1.807, 2.05) is 6.92 Å². The zero-order valence-corrected chi connectivity index (χ0v) is 9.69. The standard InChI is InChI=1S/C12H16FN3O/c1-8-10(14)6-7-16(8)12(17)15-11-5-3-2-4-9(11)13/h2-5,8,10H,6-7,14H2,1H3,(H,15,17). The average Bonchev–Trinajstić information content (AvgIpc) is 2.63. The van der Waals surface area contributed by atoms with Crippen molar-refractivity contribution in [2.24, 2.45) is 5.73 Å². The third-order valence-electron chi connectivity index (χ3n) is 3.19. The van der Waals surface area contributed by atoms with Gasteiger partial charge in [0.1, 0.15) is 5.82 Å². The Morgan fingerprint density at radius 2 is 2.24 bits per heavy atom. The van der Waals surface area contributed by atoms with Gasteiger partial charge in [0.25, 0.3) is 0 Å². The molecule has 0 aromatic heterocycles. The van der Waals surface area contributed by atoms with Crippen LogP contribution in [0.5, 0.6) is 0 Å². The topological polar surface area (TPSA) is 58.4 Å². The van der Waals surface area contributed by atoms with Crippen molar-refractivity contribution in [3.05, 3.63) is 30.1 Å². The predicted octanol–water partition coefficient (Wildman–Crippen LogP) is 1.78. The van der Waals surface area contributed by atoms with Crippen LogP contribution in [0.25, 0.3) is 0 Å². The molecule has 3 N–H and O–H groups in total. The van der Waals surface area contributed by atoms with E-state index in [9.17, 15) is 9.18 Å². The molecule has 1 heterocycles. The van der Waals surface area contributed by atoms with Crippen molar-refractivity contribution in [3.8, 4) is 0 Å². The number of nitrogens with zero attached hydrogens (tertiary/aromatic N) is 1. The van der Waals surface area contributed by atoms with Crippen molar-refractivity contribution in [1.29, 1.82) is 0 Å². The van der Waals surface area contributed by atoms with E-state index in [1.54, 1.807) is 17.0 Å². The first-order chi connectivity index (χ1) is 8.09. The molecule has 5 heteroatoms. The molecule has 2 rings (SSSR count). The molecule has 1 aromatic carbocycles. The maximum atomic E-state index is 13.4. The van der Waals surface area contributed by atoms with E-state index >= 15 is 0 Å². The van der Waals surface area contributed by atoms with Crippen molar-refractivity contribution in [1.82, 2.24) is 4.90 Å². The SMILES string of the molecule is CC1C(N)CCN1C(=O)Nc1ccccc1F. The van der Waals surface area contributed by atoms with Crippen LogP contribution < -0.4 is 11.1 Å². The number of benzene rings is 1. The van der Waals surface area contributed by atoms with Crippen LogP contribution in [0.15, 0.2) is 24.3 Å². The first kappa shape index (κ1) is 11.9. The Morgan fingerprint density at radius 3 is 2.82 bits per heavy atom. The number of hydrogen-bond acceptors (Lipinski definition) is 2. The molecule has 0 aliphatic carbocycles. The van der Waals surface area contributed by atoms with E-state index in [2.05, 4.69) is 5.32 Å².